The molecule has 0 unspecified atom stereocenters. The van der Waals surface area contributed by atoms with Crippen molar-refractivity contribution in [2.75, 3.05) is 31.1 Å². The molecule has 2 aromatic rings. The molecule has 6 nitrogen and oxygen atoms in total. The topological polar surface area (TPSA) is 73.7 Å². The molecule has 0 atom stereocenters. The molecule has 0 spiro atoms. The SMILES string of the molecule is O=C(O)c1ccccc1CC(=O)N1CCN(c2ncccc2C(F)(F)F)CC1. The van der Waals surface area contributed by atoms with Crippen LogP contribution in [0.3, 0.4) is 0 Å². The molecule has 28 heavy (non-hydrogen) atoms. The summed E-state index contributed by atoms with van der Waals surface area (Å²) in [4.78, 5) is 30.7. The van der Waals surface area contributed by atoms with Gasteiger partial charge in [-0.05, 0) is 23.8 Å². The first-order valence-corrected chi connectivity index (χ1v) is 8.63. The number of carbonyl (C=O) groups excluding carboxylic acids is 1. The Balaban J connectivity index is 1.67. The Bertz CT molecular complexity index is 878. The Hall–Kier alpha value is -3.10. The second-order valence-corrected chi connectivity index (χ2v) is 6.38. The normalized spacial score (nSPS) is 14.8. The predicted octanol–water partition coefficient (Wildman–Crippen LogP) is 2.69. The molecule has 148 valence electrons. The van der Waals surface area contributed by atoms with Crippen molar-refractivity contribution in [1.29, 1.82) is 0 Å². The Labute approximate surface area is 159 Å². The van der Waals surface area contributed by atoms with Gasteiger partial charge in [0.2, 0.25) is 5.91 Å². The maximum Gasteiger partial charge on any atom is 0.419 e. The smallest absolute Gasteiger partial charge is 0.419 e. The average Bonchev–Trinajstić information content (AvgIpc) is 2.67. The molecule has 1 aliphatic heterocycles. The van der Waals surface area contributed by atoms with Gasteiger partial charge in [0, 0.05) is 32.4 Å². The molecule has 1 aromatic heterocycles. The fraction of sp³-hybridized carbons (Fsp3) is 0.316. The molecule has 1 amide bonds. The van der Waals surface area contributed by atoms with E-state index >= 15 is 0 Å². The maximum atomic E-state index is 13.2. The fourth-order valence-electron chi connectivity index (χ4n) is 3.20. The minimum absolute atomic E-state index is 0.0674. The molecule has 1 aliphatic rings. The van der Waals surface area contributed by atoms with Crippen LogP contribution in [0.5, 0.6) is 0 Å². The molecule has 1 fully saturated rings. The molecule has 1 aromatic carbocycles. The van der Waals surface area contributed by atoms with E-state index in [1.54, 1.807) is 18.2 Å². The van der Waals surface area contributed by atoms with Crippen LogP contribution in [0.4, 0.5) is 19.0 Å². The first kappa shape index (κ1) is 19.7. The van der Waals surface area contributed by atoms with Gasteiger partial charge >= 0.3 is 12.1 Å². The summed E-state index contributed by atoms with van der Waals surface area (Å²) in [6.45, 7) is 0.905. The Morgan fingerprint density at radius 2 is 1.71 bits per heavy atom. The molecule has 0 saturated carbocycles. The summed E-state index contributed by atoms with van der Waals surface area (Å²) in [5, 5.41) is 9.21. The number of aromatic nitrogens is 1. The molecule has 1 N–H and O–H groups in total. The third kappa shape index (κ3) is 4.24. The highest BCUT2D eigenvalue weighted by Crippen LogP contribution is 2.35. The monoisotopic (exact) mass is 393 g/mol. The van der Waals surface area contributed by atoms with E-state index in [2.05, 4.69) is 4.98 Å². The quantitative estimate of drug-likeness (QED) is 0.865. The van der Waals surface area contributed by atoms with E-state index in [1.807, 2.05) is 0 Å². The molecule has 2 heterocycles. The van der Waals surface area contributed by atoms with Crippen molar-refractivity contribution in [2.45, 2.75) is 12.6 Å². The zero-order chi connectivity index (χ0) is 20.3. The third-order valence-electron chi connectivity index (χ3n) is 4.61. The number of carboxylic acid groups (broad SMARTS) is 1. The van der Waals surface area contributed by atoms with Crippen LogP contribution in [0.2, 0.25) is 0 Å². The lowest BCUT2D eigenvalue weighted by atomic mass is 10.0. The standard InChI is InChI=1S/C19H18F3N3O3/c20-19(21,22)15-6-3-7-23-17(15)25-10-8-24(9-11-25)16(26)12-13-4-1-2-5-14(13)18(27)28/h1-7H,8-12H2,(H,27,28). The second-order valence-electron chi connectivity index (χ2n) is 6.38. The second kappa shape index (κ2) is 7.87. The highest BCUT2D eigenvalue weighted by Gasteiger charge is 2.36. The lowest BCUT2D eigenvalue weighted by Gasteiger charge is -2.36. The van der Waals surface area contributed by atoms with Crippen LogP contribution in [0.1, 0.15) is 21.5 Å². The van der Waals surface area contributed by atoms with Crippen LogP contribution in [0.25, 0.3) is 0 Å². The number of carbonyl (C=O) groups is 2. The number of carboxylic acids is 1. The van der Waals surface area contributed by atoms with Crippen LogP contribution in [-0.2, 0) is 17.4 Å². The molecule has 1 saturated heterocycles. The number of aromatic carboxylic acids is 1. The number of amides is 1. The number of hydrogen-bond donors (Lipinski definition) is 1. The zero-order valence-electron chi connectivity index (χ0n) is 14.8. The summed E-state index contributed by atoms with van der Waals surface area (Å²) < 4.78 is 39.5. The van der Waals surface area contributed by atoms with Gasteiger partial charge in [0.15, 0.2) is 0 Å². The molecule has 0 radical (unpaired) electrons. The van der Waals surface area contributed by atoms with Crippen molar-refractivity contribution in [1.82, 2.24) is 9.88 Å². The van der Waals surface area contributed by atoms with E-state index in [4.69, 9.17) is 0 Å². The minimum atomic E-state index is -4.50. The van der Waals surface area contributed by atoms with Gasteiger partial charge in [0.05, 0.1) is 17.5 Å². The Morgan fingerprint density at radius 1 is 1.04 bits per heavy atom. The van der Waals surface area contributed by atoms with Crippen molar-refractivity contribution in [2.24, 2.45) is 0 Å². The van der Waals surface area contributed by atoms with Gasteiger partial charge in [-0.15, -0.1) is 0 Å². The number of piperazine rings is 1. The van der Waals surface area contributed by atoms with Crippen molar-refractivity contribution in [3.8, 4) is 0 Å². The molecule has 0 bridgehead atoms. The van der Waals surface area contributed by atoms with E-state index in [-0.39, 0.29) is 49.9 Å². The lowest BCUT2D eigenvalue weighted by molar-refractivity contribution is -0.137. The van der Waals surface area contributed by atoms with Gasteiger partial charge in [-0.1, -0.05) is 18.2 Å². The van der Waals surface area contributed by atoms with Gasteiger partial charge in [-0.25, -0.2) is 9.78 Å². The van der Waals surface area contributed by atoms with E-state index in [0.717, 1.165) is 6.07 Å². The Kier molecular flexibility index (Phi) is 5.53. The van der Waals surface area contributed by atoms with E-state index < -0.39 is 17.7 Å². The molecule has 3 rings (SSSR count). The van der Waals surface area contributed by atoms with Gasteiger partial charge in [-0.3, -0.25) is 4.79 Å². The average molecular weight is 393 g/mol. The van der Waals surface area contributed by atoms with Gasteiger partial charge in [0.1, 0.15) is 5.82 Å². The highest BCUT2D eigenvalue weighted by molar-refractivity contribution is 5.91. The Morgan fingerprint density at radius 3 is 2.36 bits per heavy atom. The molecular formula is C19H18F3N3O3. The molecular weight excluding hydrogens is 375 g/mol. The maximum absolute atomic E-state index is 13.2. The van der Waals surface area contributed by atoms with Crippen molar-refractivity contribution in [3.05, 3.63) is 59.3 Å². The predicted molar refractivity (Wildman–Crippen MR) is 95.1 cm³/mol. The van der Waals surface area contributed by atoms with Crippen LogP contribution in [-0.4, -0.2) is 53.0 Å². The molecule has 0 aliphatic carbocycles. The van der Waals surface area contributed by atoms with Crippen LogP contribution < -0.4 is 4.90 Å². The summed E-state index contributed by atoms with van der Waals surface area (Å²) in [5.74, 6) is -1.51. The largest absolute Gasteiger partial charge is 0.478 e. The number of alkyl halides is 3. The number of pyridine rings is 1. The summed E-state index contributed by atoms with van der Waals surface area (Å²) in [5.41, 5.74) is -0.325. The third-order valence-corrected chi connectivity index (χ3v) is 4.61. The summed E-state index contributed by atoms with van der Waals surface area (Å²) >= 11 is 0. The summed E-state index contributed by atoms with van der Waals surface area (Å²) in [6.07, 6.45) is -3.26. The number of benzene rings is 1. The lowest BCUT2D eigenvalue weighted by Crippen LogP contribution is -2.50. The van der Waals surface area contributed by atoms with Crippen LogP contribution in [0, 0.1) is 0 Å². The number of nitrogens with zero attached hydrogens (tertiary/aromatic N) is 3. The zero-order valence-corrected chi connectivity index (χ0v) is 14.8. The van der Waals surface area contributed by atoms with Gasteiger partial charge in [-0.2, -0.15) is 13.2 Å². The number of anilines is 1. The van der Waals surface area contributed by atoms with Crippen molar-refractivity contribution in [3.63, 3.8) is 0 Å². The van der Waals surface area contributed by atoms with E-state index in [0.29, 0.717) is 5.56 Å². The highest BCUT2D eigenvalue weighted by atomic mass is 19.4. The summed E-state index contributed by atoms with van der Waals surface area (Å²) in [7, 11) is 0. The number of hydrogen-bond acceptors (Lipinski definition) is 4. The van der Waals surface area contributed by atoms with Crippen LogP contribution >= 0.6 is 0 Å². The summed E-state index contributed by atoms with van der Waals surface area (Å²) in [6, 6.07) is 8.49. The minimum Gasteiger partial charge on any atom is -0.478 e. The molecule has 9 heteroatoms. The van der Waals surface area contributed by atoms with Crippen molar-refractivity contribution < 1.29 is 27.9 Å². The first-order valence-electron chi connectivity index (χ1n) is 8.63. The van der Waals surface area contributed by atoms with Crippen LogP contribution in [0.15, 0.2) is 42.6 Å². The number of rotatable bonds is 4. The van der Waals surface area contributed by atoms with E-state index in [1.165, 1.54) is 28.1 Å². The first-order chi connectivity index (χ1) is 13.3. The van der Waals surface area contributed by atoms with E-state index in [9.17, 15) is 27.9 Å². The van der Waals surface area contributed by atoms with Gasteiger partial charge < -0.3 is 14.9 Å². The van der Waals surface area contributed by atoms with Crippen molar-refractivity contribution >= 4 is 17.7 Å². The fourth-order valence-corrected chi connectivity index (χ4v) is 3.20. The number of halogens is 3. The van der Waals surface area contributed by atoms with Gasteiger partial charge in [0.25, 0.3) is 0 Å².